The zero-order chi connectivity index (χ0) is 30.9. The van der Waals surface area contributed by atoms with Crippen molar-refractivity contribution in [3.05, 3.63) is 57.7 Å². The lowest BCUT2D eigenvalue weighted by molar-refractivity contribution is -0.130. The highest BCUT2D eigenvalue weighted by molar-refractivity contribution is 7.09. The third kappa shape index (κ3) is 7.69. The van der Waals surface area contributed by atoms with Gasteiger partial charge in [-0.2, -0.15) is 0 Å². The normalized spacial score (nSPS) is 18.7. The van der Waals surface area contributed by atoms with Crippen molar-refractivity contribution in [2.45, 2.75) is 32.6 Å². The largest absolute Gasteiger partial charge is 0.493 e. The lowest BCUT2D eigenvalue weighted by Crippen LogP contribution is -2.39. The van der Waals surface area contributed by atoms with E-state index < -0.39 is 5.92 Å². The number of methoxy groups -OCH3 is 1. The fourth-order valence-electron chi connectivity index (χ4n) is 5.26. The van der Waals surface area contributed by atoms with Crippen molar-refractivity contribution in [1.29, 1.82) is 0 Å². The third-order valence-electron chi connectivity index (χ3n) is 7.38. The summed E-state index contributed by atoms with van der Waals surface area (Å²) in [5, 5.41) is 12.7. The summed E-state index contributed by atoms with van der Waals surface area (Å²) < 4.78 is 16.9. The number of likely N-dealkylation sites (tertiary alicyclic amines) is 1. The highest BCUT2D eigenvalue weighted by atomic mass is 32.1. The number of aryl methyl sites for hydroxylation is 2. The van der Waals surface area contributed by atoms with Gasteiger partial charge in [-0.25, -0.2) is 9.97 Å². The predicted molar refractivity (Wildman–Crippen MR) is 155 cm³/mol. The molecule has 14 heteroatoms. The van der Waals surface area contributed by atoms with E-state index in [1.165, 1.54) is 17.7 Å². The molecule has 2 aliphatic rings. The Morgan fingerprint density at radius 2 is 1.98 bits per heavy atom. The van der Waals surface area contributed by atoms with Crippen LogP contribution in [-0.4, -0.2) is 95.5 Å². The maximum atomic E-state index is 13.4. The fourth-order valence-corrected chi connectivity index (χ4v) is 5.87. The first-order valence-electron chi connectivity index (χ1n) is 13.8. The minimum atomic E-state index is -0.430. The monoisotopic (exact) mass is 613 g/mol. The molecule has 1 saturated heterocycles. The first kappa shape index (κ1) is 31.5. The summed E-state index contributed by atoms with van der Waals surface area (Å²) >= 11 is 1.52. The molecule has 0 unspecified atom stereocenters. The molecule has 3 aromatic rings. The Kier molecular flexibility index (Phi) is 10.7. The van der Waals surface area contributed by atoms with Gasteiger partial charge in [-0.05, 0) is 38.0 Å². The summed E-state index contributed by atoms with van der Waals surface area (Å²) in [6.07, 6.45) is 2.01. The minimum absolute atomic E-state index is 0.0502. The number of carbonyl (C=O) groups is 4. The van der Waals surface area contributed by atoms with Gasteiger partial charge in [-0.1, -0.05) is 6.07 Å². The number of carboxylic acid groups (broad SMARTS) is 1. The number of carbonyl (C=O) groups excluding carboxylic acids is 3. The molecule has 5 rings (SSSR count). The van der Waals surface area contributed by atoms with E-state index in [0.717, 1.165) is 16.3 Å². The van der Waals surface area contributed by atoms with E-state index in [1.807, 2.05) is 30.5 Å². The van der Waals surface area contributed by atoms with Crippen LogP contribution in [-0.2, 0) is 20.8 Å². The van der Waals surface area contributed by atoms with Crippen molar-refractivity contribution in [3.8, 4) is 11.5 Å². The van der Waals surface area contributed by atoms with Gasteiger partial charge < -0.3 is 34.1 Å². The molecule has 13 nitrogen and oxygen atoms in total. The Morgan fingerprint density at radius 3 is 2.65 bits per heavy atom. The molecule has 2 aromatic heterocycles. The summed E-state index contributed by atoms with van der Waals surface area (Å²) in [5.74, 6) is 0.456. The smallest absolute Gasteiger partial charge is 0.290 e. The number of fused-ring (bicyclic) bond motifs is 4. The molecule has 1 fully saturated rings. The molecular formula is C29H35N5O8S. The van der Waals surface area contributed by atoms with Gasteiger partial charge in [0.2, 0.25) is 11.8 Å². The lowest BCUT2D eigenvalue weighted by Gasteiger charge is -2.24. The first-order valence-corrected chi connectivity index (χ1v) is 14.7. The van der Waals surface area contributed by atoms with Gasteiger partial charge in [0.1, 0.15) is 12.4 Å². The molecule has 2 bridgehead atoms. The van der Waals surface area contributed by atoms with Gasteiger partial charge in [-0.3, -0.25) is 19.2 Å². The second-order valence-corrected chi connectivity index (χ2v) is 11.2. The Balaban J connectivity index is 0.00000135. The van der Waals surface area contributed by atoms with Gasteiger partial charge in [-0.15, -0.1) is 11.3 Å². The van der Waals surface area contributed by atoms with Gasteiger partial charge in [0.05, 0.1) is 36.7 Å². The molecule has 3 amide bonds. The van der Waals surface area contributed by atoms with Gasteiger partial charge in [0.15, 0.2) is 23.6 Å². The van der Waals surface area contributed by atoms with Crippen molar-refractivity contribution in [2.75, 3.05) is 46.4 Å². The molecule has 230 valence electrons. The molecule has 0 aliphatic carbocycles. The van der Waals surface area contributed by atoms with E-state index in [-0.39, 0.29) is 48.8 Å². The van der Waals surface area contributed by atoms with Gasteiger partial charge >= 0.3 is 0 Å². The van der Waals surface area contributed by atoms with E-state index in [2.05, 4.69) is 15.3 Å². The topological polar surface area (TPSA) is 164 Å². The molecule has 43 heavy (non-hydrogen) atoms. The number of aromatic nitrogens is 2. The van der Waals surface area contributed by atoms with E-state index >= 15 is 0 Å². The number of hydrogen-bond donors (Lipinski definition) is 2. The van der Waals surface area contributed by atoms with Crippen molar-refractivity contribution < 1.29 is 38.2 Å². The van der Waals surface area contributed by atoms with Crippen LogP contribution in [0, 0.1) is 19.8 Å². The summed E-state index contributed by atoms with van der Waals surface area (Å²) in [5.41, 5.74) is 1.89. The predicted octanol–water partition coefficient (Wildman–Crippen LogP) is 2.28. The Labute approximate surface area is 252 Å². The van der Waals surface area contributed by atoms with Crippen LogP contribution in [0.1, 0.15) is 44.9 Å². The molecule has 2 aliphatic heterocycles. The number of amides is 3. The number of ether oxygens (including phenoxy) is 2. The quantitative estimate of drug-likeness (QED) is 0.417. The number of oxazole rings is 1. The maximum absolute atomic E-state index is 13.4. The van der Waals surface area contributed by atoms with E-state index in [4.69, 9.17) is 23.8 Å². The first-order chi connectivity index (χ1) is 20.7. The van der Waals surface area contributed by atoms with Crippen LogP contribution < -0.4 is 14.8 Å². The summed E-state index contributed by atoms with van der Waals surface area (Å²) in [7, 11) is 1.57. The van der Waals surface area contributed by atoms with Crippen LogP contribution in [0.15, 0.2) is 34.4 Å². The number of rotatable bonds is 4. The second kappa shape index (κ2) is 14.6. The minimum Gasteiger partial charge on any atom is -0.493 e. The molecule has 2 atom stereocenters. The molecular weight excluding hydrogens is 578 g/mol. The molecule has 0 saturated carbocycles. The van der Waals surface area contributed by atoms with Crippen molar-refractivity contribution in [3.63, 3.8) is 0 Å². The van der Waals surface area contributed by atoms with Crippen molar-refractivity contribution in [1.82, 2.24) is 25.1 Å². The van der Waals surface area contributed by atoms with Crippen LogP contribution in [0.3, 0.4) is 0 Å². The van der Waals surface area contributed by atoms with Crippen LogP contribution in [0.4, 0.5) is 0 Å². The van der Waals surface area contributed by atoms with E-state index in [1.54, 1.807) is 23.8 Å². The Morgan fingerprint density at radius 1 is 1.21 bits per heavy atom. The molecule has 0 radical (unpaired) electrons. The molecule has 0 spiro atoms. The molecule has 1 aromatic carbocycles. The van der Waals surface area contributed by atoms with Crippen LogP contribution in [0.5, 0.6) is 11.5 Å². The average molecular weight is 614 g/mol. The number of benzene rings is 1. The van der Waals surface area contributed by atoms with Gasteiger partial charge in [0, 0.05) is 37.5 Å². The van der Waals surface area contributed by atoms with E-state index in [9.17, 15) is 14.4 Å². The number of nitrogens with one attached hydrogen (secondary N) is 1. The highest BCUT2D eigenvalue weighted by Gasteiger charge is 2.40. The third-order valence-corrected chi connectivity index (χ3v) is 8.20. The second-order valence-electron chi connectivity index (χ2n) is 10.1. The van der Waals surface area contributed by atoms with Gasteiger partial charge in [0.25, 0.3) is 12.4 Å². The fraction of sp³-hybridized carbons (Fsp3) is 0.448. The molecule has 2 N–H and O–H groups in total. The zero-order valence-electron chi connectivity index (χ0n) is 24.3. The number of hydrogen-bond acceptors (Lipinski definition) is 10. The Bertz CT molecular complexity index is 1440. The van der Waals surface area contributed by atoms with E-state index in [0.29, 0.717) is 56.4 Å². The van der Waals surface area contributed by atoms with Crippen molar-refractivity contribution in [2.24, 2.45) is 5.92 Å². The van der Waals surface area contributed by atoms with Crippen LogP contribution in [0.25, 0.3) is 0 Å². The SMILES string of the molecule is COc1ccc2cc1OCCN(C(=O)c1ncoc1C)CCCNC(=O)[C@H]1CN(C(=O)Cc3csc(C)n3)C[C@H]21.O=CO. The summed E-state index contributed by atoms with van der Waals surface area (Å²) in [4.78, 5) is 60.1. The lowest BCUT2D eigenvalue weighted by atomic mass is 9.88. The maximum Gasteiger partial charge on any atom is 0.290 e. The number of thiazole rings is 1. The van der Waals surface area contributed by atoms with Crippen LogP contribution >= 0.6 is 11.3 Å². The average Bonchev–Trinajstić information content (AvgIpc) is 3.73. The Hall–Kier alpha value is -4.46. The number of nitrogens with zero attached hydrogens (tertiary/aromatic N) is 4. The molecule has 4 heterocycles. The summed E-state index contributed by atoms with van der Waals surface area (Å²) in [6, 6.07) is 5.61. The zero-order valence-corrected chi connectivity index (χ0v) is 25.1. The standard InChI is InChI=1S/C28H33N5O6S.CH2O2/c1-17-26(30-16-39-17)28(36)32-8-4-7-29-27(35)22-14-33(25(34)12-20-15-40-18(2)31-20)13-21(22)19-5-6-23(37-3)24(11-19)38-10-9-32;2-1-3/h5-6,11,15-16,21-22H,4,7-10,12-14H2,1-3H3,(H,29,35);1H,(H,2,3)/t21-,22+;/m1./s1. The summed E-state index contributed by atoms with van der Waals surface area (Å²) in [6.45, 7) is 5.44. The van der Waals surface area contributed by atoms with Crippen molar-refractivity contribution >= 4 is 35.5 Å². The highest BCUT2D eigenvalue weighted by Crippen LogP contribution is 2.38. The van der Waals surface area contributed by atoms with Crippen LogP contribution in [0.2, 0.25) is 0 Å².